The Balaban J connectivity index is 1.46. The average Bonchev–Trinajstić information content (AvgIpc) is 3.14. The van der Waals surface area contributed by atoms with Crippen LogP contribution in [0.1, 0.15) is 40.4 Å². The van der Waals surface area contributed by atoms with Crippen LogP contribution in [-0.2, 0) is 12.8 Å². The number of fused-ring (bicyclic) bond motifs is 1. The predicted molar refractivity (Wildman–Crippen MR) is 91.8 cm³/mol. The van der Waals surface area contributed by atoms with E-state index in [0.29, 0.717) is 6.04 Å². The zero-order chi connectivity index (χ0) is 15.5. The number of thiophene rings is 1. The molecule has 0 aromatic carbocycles. The lowest BCUT2D eigenvalue weighted by molar-refractivity contribution is 0.0886. The van der Waals surface area contributed by atoms with Gasteiger partial charge in [0.15, 0.2) is 0 Å². The lowest BCUT2D eigenvalue weighted by Gasteiger charge is -2.37. The summed E-state index contributed by atoms with van der Waals surface area (Å²) >= 11 is 1.69. The number of amides is 1. The molecule has 122 valence electrons. The van der Waals surface area contributed by atoms with Crippen LogP contribution in [0.2, 0.25) is 0 Å². The Morgan fingerprint density at radius 1 is 1.32 bits per heavy atom. The van der Waals surface area contributed by atoms with Gasteiger partial charge in [0.05, 0.1) is 4.88 Å². The molecule has 4 nitrogen and oxygen atoms in total. The van der Waals surface area contributed by atoms with E-state index in [1.807, 2.05) is 0 Å². The van der Waals surface area contributed by atoms with Gasteiger partial charge in [-0.1, -0.05) is 6.92 Å². The summed E-state index contributed by atoms with van der Waals surface area (Å²) in [7, 11) is 0. The number of carbonyl (C=O) groups is 1. The molecule has 2 aliphatic rings. The van der Waals surface area contributed by atoms with Crippen LogP contribution in [0, 0.1) is 0 Å². The van der Waals surface area contributed by atoms with Gasteiger partial charge in [-0.3, -0.25) is 9.69 Å². The van der Waals surface area contributed by atoms with Gasteiger partial charge in [0, 0.05) is 43.6 Å². The van der Waals surface area contributed by atoms with Crippen molar-refractivity contribution in [1.29, 1.82) is 0 Å². The van der Waals surface area contributed by atoms with E-state index in [1.54, 1.807) is 11.3 Å². The van der Waals surface area contributed by atoms with Crippen LogP contribution in [0.3, 0.4) is 0 Å². The highest BCUT2D eigenvalue weighted by Crippen LogP contribution is 2.30. The molecule has 0 saturated carbocycles. The zero-order valence-corrected chi connectivity index (χ0v) is 14.5. The van der Waals surface area contributed by atoms with Crippen LogP contribution >= 0.6 is 11.3 Å². The van der Waals surface area contributed by atoms with Crippen molar-refractivity contribution in [3.63, 3.8) is 0 Å². The van der Waals surface area contributed by atoms with E-state index in [-0.39, 0.29) is 5.91 Å². The fraction of sp³-hybridized carbons (Fsp3) is 0.706. The Labute approximate surface area is 137 Å². The molecule has 1 amide bonds. The number of carbonyl (C=O) groups excluding carboxylic acids is 1. The molecular formula is C17H27N3OS. The number of likely N-dealkylation sites (N-methyl/N-ethyl adjacent to an activating group) is 1. The first kappa shape index (κ1) is 16.0. The van der Waals surface area contributed by atoms with Crippen molar-refractivity contribution in [3.05, 3.63) is 21.4 Å². The minimum absolute atomic E-state index is 0.110. The topological polar surface area (TPSA) is 35.6 Å². The first-order valence-electron chi connectivity index (χ1n) is 8.53. The molecule has 1 saturated heterocycles. The maximum absolute atomic E-state index is 12.3. The van der Waals surface area contributed by atoms with Gasteiger partial charge >= 0.3 is 0 Å². The van der Waals surface area contributed by atoms with Crippen molar-refractivity contribution in [2.45, 2.75) is 39.2 Å². The highest BCUT2D eigenvalue weighted by Gasteiger charge is 2.22. The van der Waals surface area contributed by atoms with E-state index < -0.39 is 0 Å². The van der Waals surface area contributed by atoms with Crippen LogP contribution < -0.4 is 5.32 Å². The largest absolute Gasteiger partial charge is 0.350 e. The molecule has 0 bridgehead atoms. The Kier molecular flexibility index (Phi) is 5.16. The summed E-state index contributed by atoms with van der Waals surface area (Å²) in [6.45, 7) is 10.8. The minimum Gasteiger partial charge on any atom is -0.350 e. The summed E-state index contributed by atoms with van der Waals surface area (Å²) in [5.41, 5.74) is 1.40. The number of piperazine rings is 1. The van der Waals surface area contributed by atoms with E-state index in [2.05, 4.69) is 35.0 Å². The third kappa shape index (κ3) is 3.53. The molecule has 0 unspecified atom stereocenters. The van der Waals surface area contributed by atoms with Gasteiger partial charge in [0.1, 0.15) is 0 Å². The smallest absolute Gasteiger partial charge is 0.261 e. The van der Waals surface area contributed by atoms with Crippen molar-refractivity contribution in [1.82, 2.24) is 15.1 Å². The van der Waals surface area contributed by atoms with E-state index in [4.69, 9.17) is 0 Å². The first-order chi connectivity index (χ1) is 10.7. The molecule has 1 aromatic heterocycles. The third-order valence-electron chi connectivity index (χ3n) is 5.01. The van der Waals surface area contributed by atoms with Crippen LogP contribution in [0.25, 0.3) is 0 Å². The number of nitrogens with zero attached hydrogens (tertiary/aromatic N) is 2. The molecule has 1 N–H and O–H groups in total. The maximum Gasteiger partial charge on any atom is 0.261 e. The van der Waals surface area contributed by atoms with Crippen LogP contribution in [0.4, 0.5) is 0 Å². The lowest BCUT2D eigenvalue weighted by atomic mass is 10.2. The Morgan fingerprint density at radius 3 is 2.77 bits per heavy atom. The third-order valence-corrected chi connectivity index (χ3v) is 6.24. The lowest BCUT2D eigenvalue weighted by Crippen LogP contribution is -2.52. The van der Waals surface area contributed by atoms with Gasteiger partial charge in [-0.2, -0.15) is 0 Å². The second-order valence-corrected chi connectivity index (χ2v) is 7.58. The van der Waals surface area contributed by atoms with Crippen molar-refractivity contribution < 1.29 is 4.79 Å². The summed E-state index contributed by atoms with van der Waals surface area (Å²) in [5.74, 6) is 0.110. The van der Waals surface area contributed by atoms with Gasteiger partial charge in [0.25, 0.3) is 5.91 Å². The molecule has 0 radical (unpaired) electrons. The molecule has 1 fully saturated rings. The summed E-state index contributed by atoms with van der Waals surface area (Å²) in [6.07, 6.45) is 3.56. The van der Waals surface area contributed by atoms with Gasteiger partial charge < -0.3 is 10.2 Å². The van der Waals surface area contributed by atoms with E-state index >= 15 is 0 Å². The highest BCUT2D eigenvalue weighted by molar-refractivity contribution is 7.14. The minimum atomic E-state index is 0.110. The number of aryl methyl sites for hydroxylation is 2. The fourth-order valence-electron chi connectivity index (χ4n) is 3.42. The molecule has 22 heavy (non-hydrogen) atoms. The molecule has 1 aliphatic heterocycles. The fourth-order valence-corrected chi connectivity index (χ4v) is 4.59. The molecule has 0 spiro atoms. The summed E-state index contributed by atoms with van der Waals surface area (Å²) < 4.78 is 0. The molecule has 1 aliphatic carbocycles. The Hall–Kier alpha value is -0.910. The Morgan fingerprint density at radius 2 is 2.09 bits per heavy atom. The second kappa shape index (κ2) is 7.11. The molecule has 1 aromatic rings. The molecule has 3 rings (SSSR count). The van der Waals surface area contributed by atoms with E-state index in [0.717, 1.165) is 57.0 Å². The van der Waals surface area contributed by atoms with Gasteiger partial charge in [-0.25, -0.2) is 0 Å². The summed E-state index contributed by atoms with van der Waals surface area (Å²) in [4.78, 5) is 19.6. The summed E-state index contributed by atoms with van der Waals surface area (Å²) in [5, 5.41) is 3.13. The molecular weight excluding hydrogens is 294 g/mol. The highest BCUT2D eigenvalue weighted by atomic mass is 32.1. The maximum atomic E-state index is 12.3. The first-order valence-corrected chi connectivity index (χ1v) is 9.35. The van der Waals surface area contributed by atoms with Gasteiger partial charge in [-0.15, -0.1) is 11.3 Å². The molecule has 2 heterocycles. The SMILES string of the molecule is CCN1CCN([C@H](C)CNC(=O)c2cc3c(s2)CCC3)CC1. The van der Waals surface area contributed by atoms with Crippen LogP contribution in [0.15, 0.2) is 6.07 Å². The average molecular weight is 321 g/mol. The Bertz CT molecular complexity index is 498. The van der Waals surface area contributed by atoms with Gasteiger partial charge in [-0.05, 0) is 44.4 Å². The van der Waals surface area contributed by atoms with E-state index in [1.165, 1.54) is 16.9 Å². The number of rotatable bonds is 5. The van der Waals surface area contributed by atoms with Crippen LogP contribution in [0.5, 0.6) is 0 Å². The molecule has 5 heteroatoms. The quantitative estimate of drug-likeness (QED) is 0.901. The predicted octanol–water partition coefficient (Wildman–Crippen LogP) is 1.99. The van der Waals surface area contributed by atoms with Crippen LogP contribution in [-0.4, -0.2) is 61.0 Å². The number of hydrogen-bond acceptors (Lipinski definition) is 4. The normalized spacial score (nSPS) is 20.8. The number of nitrogens with one attached hydrogen (secondary N) is 1. The van der Waals surface area contributed by atoms with Gasteiger partial charge in [0.2, 0.25) is 0 Å². The van der Waals surface area contributed by atoms with Crippen molar-refractivity contribution in [2.75, 3.05) is 39.3 Å². The number of hydrogen-bond donors (Lipinski definition) is 1. The standard InChI is InChI=1S/C17H27N3OS/c1-3-19-7-9-20(10-8-19)13(2)12-18-17(21)16-11-14-5-4-6-15(14)22-16/h11,13H,3-10,12H2,1-2H3,(H,18,21)/t13-/m1/s1. The summed E-state index contributed by atoms with van der Waals surface area (Å²) in [6, 6.07) is 2.52. The van der Waals surface area contributed by atoms with Crippen molar-refractivity contribution >= 4 is 17.2 Å². The second-order valence-electron chi connectivity index (χ2n) is 6.44. The monoisotopic (exact) mass is 321 g/mol. The molecule has 1 atom stereocenters. The zero-order valence-electron chi connectivity index (χ0n) is 13.7. The van der Waals surface area contributed by atoms with E-state index in [9.17, 15) is 4.79 Å². The van der Waals surface area contributed by atoms with Crippen molar-refractivity contribution in [3.8, 4) is 0 Å². The van der Waals surface area contributed by atoms with Crippen molar-refractivity contribution in [2.24, 2.45) is 0 Å².